The van der Waals surface area contributed by atoms with Gasteiger partial charge in [-0.3, -0.25) is 9.78 Å². The molecular weight excluding hydrogens is 210 g/mol. The molecule has 0 spiro atoms. The Bertz CT molecular complexity index is 338. The maximum Gasteiger partial charge on any atom is 0.265 e. The van der Waals surface area contributed by atoms with Gasteiger partial charge >= 0.3 is 0 Å². The molecule has 0 radical (unpaired) electrons. The lowest BCUT2D eigenvalue weighted by molar-refractivity contribution is 0.0621. The minimum atomic E-state index is 0.110. The van der Waals surface area contributed by atoms with Crippen molar-refractivity contribution in [1.29, 1.82) is 0 Å². The van der Waals surface area contributed by atoms with Gasteiger partial charge in [-0.25, -0.2) is 0 Å². The smallest absolute Gasteiger partial charge is 0.265 e. The van der Waals surface area contributed by atoms with Gasteiger partial charge in [0.25, 0.3) is 5.91 Å². The van der Waals surface area contributed by atoms with Gasteiger partial charge in [-0.05, 0) is 13.8 Å². The van der Waals surface area contributed by atoms with Crippen LogP contribution in [0.15, 0.2) is 11.7 Å². The van der Waals surface area contributed by atoms with Crippen molar-refractivity contribution in [3.8, 4) is 0 Å². The quantitative estimate of drug-likeness (QED) is 0.774. The molecule has 1 aliphatic rings. The third-order valence-corrected chi connectivity index (χ3v) is 3.43. The second-order valence-electron chi connectivity index (χ2n) is 3.98. The highest BCUT2D eigenvalue weighted by Crippen LogP contribution is 2.14. The van der Waals surface area contributed by atoms with Crippen LogP contribution >= 0.6 is 11.3 Å². The van der Waals surface area contributed by atoms with Crippen LogP contribution in [0.2, 0.25) is 0 Å². The Kier molecular flexibility index (Phi) is 3.02. The minimum Gasteiger partial charge on any atom is -0.332 e. The van der Waals surface area contributed by atoms with Crippen molar-refractivity contribution in [1.82, 2.24) is 15.2 Å². The van der Waals surface area contributed by atoms with Crippen molar-refractivity contribution < 1.29 is 4.79 Å². The summed E-state index contributed by atoms with van der Waals surface area (Å²) in [5.74, 6) is 0.110. The van der Waals surface area contributed by atoms with E-state index in [0.29, 0.717) is 6.04 Å². The number of nitrogens with zero attached hydrogens (tertiary/aromatic N) is 2. The van der Waals surface area contributed by atoms with Crippen molar-refractivity contribution in [3.05, 3.63) is 16.6 Å². The molecule has 1 fully saturated rings. The predicted octanol–water partition coefficient (Wildman–Crippen LogP) is 0.966. The molecule has 1 N–H and O–H groups in total. The number of hydrogen-bond acceptors (Lipinski definition) is 4. The molecule has 0 aliphatic carbocycles. The highest BCUT2D eigenvalue weighted by Gasteiger charge is 2.27. The van der Waals surface area contributed by atoms with Crippen LogP contribution in [0.25, 0.3) is 0 Å². The van der Waals surface area contributed by atoms with Gasteiger partial charge in [0.2, 0.25) is 0 Å². The first kappa shape index (κ1) is 10.6. The summed E-state index contributed by atoms with van der Waals surface area (Å²) in [6.45, 7) is 5.81. The zero-order valence-corrected chi connectivity index (χ0v) is 9.75. The second-order valence-corrected chi connectivity index (χ2v) is 4.87. The molecular formula is C10H15N3OS. The van der Waals surface area contributed by atoms with Crippen LogP contribution < -0.4 is 5.32 Å². The third kappa shape index (κ3) is 2.18. The molecule has 2 atom stereocenters. The summed E-state index contributed by atoms with van der Waals surface area (Å²) < 4.78 is 0. The van der Waals surface area contributed by atoms with Crippen LogP contribution in [0.1, 0.15) is 23.5 Å². The zero-order valence-electron chi connectivity index (χ0n) is 8.93. The summed E-state index contributed by atoms with van der Waals surface area (Å²) in [7, 11) is 0. The lowest BCUT2D eigenvalue weighted by atomic mass is 10.1. The minimum absolute atomic E-state index is 0.110. The number of carbonyl (C=O) groups excluding carboxylic acids is 1. The largest absolute Gasteiger partial charge is 0.332 e. The summed E-state index contributed by atoms with van der Waals surface area (Å²) in [6, 6.07) is 0.633. The van der Waals surface area contributed by atoms with E-state index in [2.05, 4.69) is 24.1 Å². The fourth-order valence-corrected chi connectivity index (χ4v) is 2.34. The number of hydrogen-bond donors (Lipinski definition) is 1. The number of piperazine rings is 1. The molecule has 1 aliphatic heterocycles. The molecule has 15 heavy (non-hydrogen) atoms. The predicted molar refractivity (Wildman–Crippen MR) is 60.1 cm³/mol. The Morgan fingerprint density at radius 3 is 3.13 bits per heavy atom. The molecule has 5 heteroatoms. The van der Waals surface area contributed by atoms with Gasteiger partial charge in [0, 0.05) is 25.2 Å². The fraction of sp³-hybridized carbons (Fsp3) is 0.600. The molecule has 4 nitrogen and oxygen atoms in total. The van der Waals surface area contributed by atoms with Gasteiger partial charge < -0.3 is 10.2 Å². The molecule has 1 aromatic rings. The average Bonchev–Trinajstić information content (AvgIpc) is 2.74. The van der Waals surface area contributed by atoms with Gasteiger partial charge in [0.1, 0.15) is 4.88 Å². The van der Waals surface area contributed by atoms with E-state index >= 15 is 0 Å². The third-order valence-electron chi connectivity index (χ3n) is 2.67. The standard InChI is InChI=1S/C10H15N3OS/c1-7-5-13(8(2)3-12-7)10(14)9-4-11-6-15-9/h4,6-8,12H,3,5H2,1-2H3. The monoisotopic (exact) mass is 225 g/mol. The topological polar surface area (TPSA) is 45.2 Å². The first-order valence-corrected chi connectivity index (χ1v) is 5.99. The van der Waals surface area contributed by atoms with Crippen LogP contribution in [-0.4, -0.2) is 41.0 Å². The Hall–Kier alpha value is -0.940. The molecule has 1 saturated heterocycles. The number of aromatic nitrogens is 1. The highest BCUT2D eigenvalue weighted by atomic mass is 32.1. The molecule has 82 valence electrons. The number of nitrogens with one attached hydrogen (secondary N) is 1. The van der Waals surface area contributed by atoms with Crippen molar-refractivity contribution in [2.75, 3.05) is 13.1 Å². The average molecular weight is 225 g/mol. The first-order valence-electron chi connectivity index (χ1n) is 5.11. The lowest BCUT2D eigenvalue weighted by Crippen LogP contribution is -2.56. The summed E-state index contributed by atoms with van der Waals surface area (Å²) in [5.41, 5.74) is 1.70. The van der Waals surface area contributed by atoms with Crippen molar-refractivity contribution in [2.24, 2.45) is 0 Å². The van der Waals surface area contributed by atoms with Crippen LogP contribution in [0, 0.1) is 0 Å². The van der Waals surface area contributed by atoms with Crippen molar-refractivity contribution in [2.45, 2.75) is 25.9 Å². The highest BCUT2D eigenvalue weighted by molar-refractivity contribution is 7.11. The van der Waals surface area contributed by atoms with Gasteiger partial charge in [-0.1, -0.05) is 0 Å². The van der Waals surface area contributed by atoms with Crippen LogP contribution in [0.3, 0.4) is 0 Å². The molecule has 1 amide bonds. The molecule has 2 unspecified atom stereocenters. The maximum atomic E-state index is 12.1. The maximum absolute atomic E-state index is 12.1. The number of thiazole rings is 1. The molecule has 0 saturated carbocycles. The van der Waals surface area contributed by atoms with Gasteiger partial charge in [-0.15, -0.1) is 11.3 Å². The number of amides is 1. The van der Waals surface area contributed by atoms with E-state index in [4.69, 9.17) is 0 Å². The van der Waals surface area contributed by atoms with Crippen LogP contribution in [-0.2, 0) is 0 Å². The summed E-state index contributed by atoms with van der Waals surface area (Å²) in [4.78, 5) is 18.7. The second kappa shape index (κ2) is 4.28. The van der Waals surface area contributed by atoms with E-state index in [9.17, 15) is 4.79 Å². The summed E-state index contributed by atoms with van der Waals surface area (Å²) >= 11 is 1.41. The molecule has 0 aromatic carbocycles. The van der Waals surface area contributed by atoms with Gasteiger partial charge in [0.05, 0.1) is 11.7 Å². The fourth-order valence-electron chi connectivity index (χ4n) is 1.77. The SMILES string of the molecule is CC1CN(C(=O)c2cncs2)C(C)CN1. The molecule has 1 aromatic heterocycles. The number of carbonyl (C=O) groups is 1. The van der Waals surface area contributed by atoms with Crippen molar-refractivity contribution in [3.63, 3.8) is 0 Å². The van der Waals surface area contributed by atoms with Gasteiger partial charge in [-0.2, -0.15) is 0 Å². The normalized spacial score (nSPS) is 26.7. The molecule has 2 rings (SSSR count). The van der Waals surface area contributed by atoms with Crippen LogP contribution in [0.5, 0.6) is 0 Å². The Labute approximate surface area is 93.3 Å². The zero-order chi connectivity index (χ0) is 10.8. The van der Waals surface area contributed by atoms with E-state index in [1.54, 1.807) is 11.7 Å². The summed E-state index contributed by atoms with van der Waals surface area (Å²) in [6.07, 6.45) is 1.65. The lowest BCUT2D eigenvalue weighted by Gasteiger charge is -2.37. The summed E-state index contributed by atoms with van der Waals surface area (Å²) in [5, 5.41) is 3.36. The van der Waals surface area contributed by atoms with Gasteiger partial charge in [0.15, 0.2) is 0 Å². The van der Waals surface area contributed by atoms with Crippen LogP contribution in [0.4, 0.5) is 0 Å². The van der Waals surface area contributed by atoms with E-state index in [0.717, 1.165) is 18.0 Å². The Morgan fingerprint density at radius 2 is 2.47 bits per heavy atom. The van der Waals surface area contributed by atoms with E-state index < -0.39 is 0 Å². The number of rotatable bonds is 1. The van der Waals surface area contributed by atoms with E-state index in [1.165, 1.54) is 11.3 Å². The first-order chi connectivity index (χ1) is 7.18. The Morgan fingerprint density at radius 1 is 1.67 bits per heavy atom. The Balaban J connectivity index is 2.12. The van der Waals surface area contributed by atoms with E-state index in [1.807, 2.05) is 4.90 Å². The molecule has 2 heterocycles. The van der Waals surface area contributed by atoms with E-state index in [-0.39, 0.29) is 11.9 Å². The van der Waals surface area contributed by atoms with Crippen molar-refractivity contribution >= 4 is 17.2 Å². The molecule has 0 bridgehead atoms.